The third kappa shape index (κ3) is 1.60. The fraction of sp³-hybridized carbons (Fsp3) is 0.385. The van der Waals surface area contributed by atoms with E-state index >= 15 is 0 Å². The molecular weight excluding hydrogens is 250 g/mol. The predicted octanol–water partition coefficient (Wildman–Crippen LogP) is 2.63. The number of nitrogens with one attached hydrogen (secondary N) is 1. The fourth-order valence-corrected chi connectivity index (χ4v) is 2.69. The van der Waals surface area contributed by atoms with Gasteiger partial charge in [-0.2, -0.15) is 0 Å². The molecule has 0 spiro atoms. The lowest BCUT2D eigenvalue weighted by molar-refractivity contribution is 0.0907. The van der Waals surface area contributed by atoms with Crippen LogP contribution in [0.15, 0.2) is 18.3 Å². The number of fused-ring (bicyclic) bond motifs is 3. The lowest BCUT2D eigenvalue weighted by Gasteiger charge is -2.30. The van der Waals surface area contributed by atoms with E-state index in [2.05, 4.69) is 28.7 Å². The molecule has 1 aliphatic rings. The van der Waals surface area contributed by atoms with E-state index in [0.29, 0.717) is 23.3 Å². The number of carbonyl (C=O) groups excluding carboxylic acids is 1. The molecule has 0 radical (unpaired) electrons. The third-order valence-corrected chi connectivity index (χ3v) is 3.70. The number of carbonyl (C=O) groups is 1. The van der Waals surface area contributed by atoms with E-state index in [1.165, 1.54) is 0 Å². The summed E-state index contributed by atoms with van der Waals surface area (Å²) in [5.74, 6) is 0.408. The first-order chi connectivity index (χ1) is 8.58. The normalized spacial score (nSPS) is 19.1. The van der Waals surface area contributed by atoms with Gasteiger partial charge in [0.1, 0.15) is 10.8 Å². The second kappa shape index (κ2) is 3.99. The van der Waals surface area contributed by atoms with Crippen LogP contribution in [0.1, 0.15) is 30.4 Å². The molecule has 3 heterocycles. The van der Waals surface area contributed by atoms with Gasteiger partial charge in [-0.1, -0.05) is 25.4 Å². The molecule has 1 unspecified atom stereocenters. The van der Waals surface area contributed by atoms with Gasteiger partial charge in [-0.05, 0) is 18.1 Å². The molecule has 0 fully saturated rings. The zero-order chi connectivity index (χ0) is 12.9. The van der Waals surface area contributed by atoms with Crippen LogP contribution < -0.4 is 5.32 Å². The van der Waals surface area contributed by atoms with Crippen molar-refractivity contribution in [3.8, 4) is 0 Å². The molecule has 1 atom stereocenters. The molecule has 5 heteroatoms. The lowest BCUT2D eigenvalue weighted by Crippen LogP contribution is -2.40. The molecular formula is C13H14ClN3O. The highest BCUT2D eigenvalue weighted by Gasteiger charge is 2.28. The van der Waals surface area contributed by atoms with Crippen molar-refractivity contribution in [3.05, 3.63) is 29.2 Å². The van der Waals surface area contributed by atoms with Crippen LogP contribution in [0.4, 0.5) is 0 Å². The van der Waals surface area contributed by atoms with Gasteiger partial charge in [0.2, 0.25) is 0 Å². The molecule has 4 nitrogen and oxygen atoms in total. The maximum Gasteiger partial charge on any atom is 0.268 e. The van der Waals surface area contributed by atoms with Gasteiger partial charge in [0.25, 0.3) is 5.91 Å². The van der Waals surface area contributed by atoms with Crippen molar-refractivity contribution >= 4 is 28.4 Å². The highest BCUT2D eigenvalue weighted by molar-refractivity contribution is 6.30. The summed E-state index contributed by atoms with van der Waals surface area (Å²) in [6.45, 7) is 4.97. The highest BCUT2D eigenvalue weighted by Crippen LogP contribution is 2.31. The summed E-state index contributed by atoms with van der Waals surface area (Å²) in [5, 5.41) is 4.34. The van der Waals surface area contributed by atoms with Gasteiger partial charge >= 0.3 is 0 Å². The molecule has 2 aromatic rings. The molecule has 0 saturated heterocycles. The topological polar surface area (TPSA) is 46.9 Å². The Morgan fingerprint density at radius 3 is 3.00 bits per heavy atom. The van der Waals surface area contributed by atoms with E-state index in [1.54, 1.807) is 6.20 Å². The largest absolute Gasteiger partial charge is 0.349 e. The summed E-state index contributed by atoms with van der Waals surface area (Å²) in [5.41, 5.74) is 1.68. The predicted molar refractivity (Wildman–Crippen MR) is 71.0 cm³/mol. The molecule has 1 aliphatic heterocycles. The summed E-state index contributed by atoms with van der Waals surface area (Å²) in [6.07, 6.45) is 1.72. The molecule has 3 rings (SSSR count). The standard InChI is InChI=1S/C13H14ClN3O/c1-7(2)11-6-16-13(18)10-3-8-5-15-12(14)4-9(8)17(10)11/h3-5,7,11H,6H2,1-2H3,(H,16,18). The number of nitrogens with zero attached hydrogens (tertiary/aromatic N) is 2. The molecule has 0 saturated carbocycles. The zero-order valence-corrected chi connectivity index (χ0v) is 11.0. The summed E-state index contributed by atoms with van der Waals surface area (Å²) in [4.78, 5) is 16.0. The van der Waals surface area contributed by atoms with Crippen LogP contribution in [-0.2, 0) is 0 Å². The maximum atomic E-state index is 11.9. The minimum absolute atomic E-state index is 0.0285. The van der Waals surface area contributed by atoms with Gasteiger partial charge in [-0.25, -0.2) is 4.98 Å². The SMILES string of the molecule is CC(C)C1CNC(=O)c2cc3cnc(Cl)cc3n21. The number of halogens is 1. The summed E-state index contributed by atoms with van der Waals surface area (Å²) in [6, 6.07) is 3.96. The number of hydrogen-bond acceptors (Lipinski definition) is 2. The van der Waals surface area contributed by atoms with Crippen LogP contribution in [0.2, 0.25) is 5.15 Å². The third-order valence-electron chi connectivity index (χ3n) is 3.50. The van der Waals surface area contributed by atoms with Gasteiger partial charge in [-0.15, -0.1) is 0 Å². The fourth-order valence-electron chi connectivity index (χ4n) is 2.54. The molecule has 0 aliphatic carbocycles. The molecule has 0 bridgehead atoms. The van der Waals surface area contributed by atoms with Gasteiger partial charge in [0, 0.05) is 18.1 Å². The van der Waals surface area contributed by atoms with E-state index in [-0.39, 0.29) is 11.9 Å². The molecule has 18 heavy (non-hydrogen) atoms. The van der Waals surface area contributed by atoms with Gasteiger partial charge in [-0.3, -0.25) is 4.79 Å². The Bertz CT molecular complexity index is 632. The number of pyridine rings is 1. The Morgan fingerprint density at radius 2 is 2.28 bits per heavy atom. The molecule has 1 amide bonds. The van der Waals surface area contributed by atoms with E-state index in [1.807, 2.05) is 12.1 Å². The van der Waals surface area contributed by atoms with Crippen molar-refractivity contribution in [2.75, 3.05) is 6.54 Å². The van der Waals surface area contributed by atoms with Crippen molar-refractivity contribution < 1.29 is 4.79 Å². The van der Waals surface area contributed by atoms with Crippen LogP contribution in [0, 0.1) is 5.92 Å². The molecule has 0 aromatic carbocycles. The number of aromatic nitrogens is 2. The molecule has 94 valence electrons. The van der Waals surface area contributed by atoms with Crippen molar-refractivity contribution in [3.63, 3.8) is 0 Å². The van der Waals surface area contributed by atoms with E-state index < -0.39 is 0 Å². The Labute approximate surface area is 110 Å². The van der Waals surface area contributed by atoms with Crippen molar-refractivity contribution in [1.29, 1.82) is 0 Å². The monoisotopic (exact) mass is 263 g/mol. The lowest BCUT2D eigenvalue weighted by atomic mass is 10.0. The first-order valence-electron chi connectivity index (χ1n) is 6.02. The van der Waals surface area contributed by atoms with Crippen molar-refractivity contribution in [2.45, 2.75) is 19.9 Å². The second-order valence-electron chi connectivity index (χ2n) is 4.99. The number of rotatable bonds is 1. The van der Waals surface area contributed by atoms with Crippen molar-refractivity contribution in [2.24, 2.45) is 5.92 Å². The molecule has 2 aromatic heterocycles. The van der Waals surface area contributed by atoms with Crippen molar-refractivity contribution in [1.82, 2.24) is 14.9 Å². The molecule has 1 N–H and O–H groups in total. The van der Waals surface area contributed by atoms with E-state index in [9.17, 15) is 4.79 Å². The minimum atomic E-state index is -0.0285. The Morgan fingerprint density at radius 1 is 1.50 bits per heavy atom. The summed E-state index contributed by atoms with van der Waals surface area (Å²) in [7, 11) is 0. The Kier molecular flexibility index (Phi) is 2.55. The van der Waals surface area contributed by atoms with Crippen LogP contribution >= 0.6 is 11.6 Å². The van der Waals surface area contributed by atoms with Crippen LogP contribution in [0.25, 0.3) is 10.9 Å². The second-order valence-corrected chi connectivity index (χ2v) is 5.37. The average molecular weight is 264 g/mol. The Balaban J connectivity index is 2.31. The zero-order valence-electron chi connectivity index (χ0n) is 10.3. The van der Waals surface area contributed by atoms with Crippen LogP contribution in [0.5, 0.6) is 0 Å². The van der Waals surface area contributed by atoms with E-state index in [0.717, 1.165) is 10.9 Å². The first kappa shape index (κ1) is 11.5. The van der Waals surface area contributed by atoms with E-state index in [4.69, 9.17) is 11.6 Å². The average Bonchev–Trinajstić information content (AvgIpc) is 2.69. The van der Waals surface area contributed by atoms with Crippen LogP contribution in [-0.4, -0.2) is 22.0 Å². The quantitative estimate of drug-likeness (QED) is 0.804. The van der Waals surface area contributed by atoms with Crippen LogP contribution in [0.3, 0.4) is 0 Å². The first-order valence-corrected chi connectivity index (χ1v) is 6.40. The minimum Gasteiger partial charge on any atom is -0.349 e. The smallest absolute Gasteiger partial charge is 0.268 e. The maximum absolute atomic E-state index is 11.9. The van der Waals surface area contributed by atoms with Gasteiger partial charge in [0.05, 0.1) is 11.6 Å². The van der Waals surface area contributed by atoms with Gasteiger partial charge in [0.15, 0.2) is 0 Å². The summed E-state index contributed by atoms with van der Waals surface area (Å²) >= 11 is 5.96. The Hall–Kier alpha value is -1.55. The number of hydrogen-bond donors (Lipinski definition) is 1. The summed E-state index contributed by atoms with van der Waals surface area (Å²) < 4.78 is 2.09. The highest BCUT2D eigenvalue weighted by atomic mass is 35.5. The van der Waals surface area contributed by atoms with Gasteiger partial charge < -0.3 is 9.88 Å². The number of amides is 1.